The summed E-state index contributed by atoms with van der Waals surface area (Å²) in [7, 11) is 0. The van der Waals surface area contributed by atoms with Crippen LogP contribution in [0.5, 0.6) is 5.75 Å². The minimum Gasteiger partial charge on any atom is -0.486 e. The summed E-state index contributed by atoms with van der Waals surface area (Å²) in [5, 5.41) is 6.66. The second-order valence-electron chi connectivity index (χ2n) is 5.81. The standard InChI is InChI=1S/C17H17FN6O3/c1-11(7-24-10-19-9-21-24)22-16(25)14-6-20-15(23-17(14)26)8-27-13-4-2-12(18)3-5-13/h2-6,9-11H,7-8H2,1H3,(H,22,25)(H,20,23,26). The van der Waals surface area contributed by atoms with E-state index in [1.54, 1.807) is 11.6 Å². The van der Waals surface area contributed by atoms with Gasteiger partial charge in [-0.2, -0.15) is 5.10 Å². The van der Waals surface area contributed by atoms with Crippen LogP contribution in [0.15, 0.2) is 47.9 Å². The van der Waals surface area contributed by atoms with Crippen molar-refractivity contribution in [2.45, 2.75) is 26.1 Å². The van der Waals surface area contributed by atoms with Crippen molar-refractivity contribution in [3.8, 4) is 5.75 Å². The average molecular weight is 372 g/mol. The van der Waals surface area contributed by atoms with Gasteiger partial charge in [0, 0.05) is 12.2 Å². The summed E-state index contributed by atoms with van der Waals surface area (Å²) in [6, 6.07) is 5.19. The number of amides is 1. The lowest BCUT2D eigenvalue weighted by molar-refractivity contribution is 0.0934. The van der Waals surface area contributed by atoms with Gasteiger partial charge in [-0.25, -0.2) is 14.4 Å². The molecule has 140 valence electrons. The quantitative estimate of drug-likeness (QED) is 0.637. The van der Waals surface area contributed by atoms with E-state index in [0.29, 0.717) is 12.3 Å². The number of aromatic nitrogens is 5. The van der Waals surface area contributed by atoms with Gasteiger partial charge in [0.05, 0.1) is 6.54 Å². The molecule has 1 aromatic carbocycles. The summed E-state index contributed by atoms with van der Waals surface area (Å²) in [5.41, 5.74) is -0.681. The van der Waals surface area contributed by atoms with Gasteiger partial charge in [0.15, 0.2) is 0 Å². The molecule has 0 aliphatic carbocycles. The number of hydrogen-bond acceptors (Lipinski definition) is 6. The van der Waals surface area contributed by atoms with Crippen LogP contribution in [0.25, 0.3) is 0 Å². The molecule has 0 saturated carbocycles. The predicted molar refractivity (Wildman–Crippen MR) is 92.5 cm³/mol. The number of nitrogens with one attached hydrogen (secondary N) is 2. The van der Waals surface area contributed by atoms with E-state index in [0.717, 1.165) is 0 Å². The number of ether oxygens (including phenoxy) is 1. The van der Waals surface area contributed by atoms with Crippen LogP contribution in [0.4, 0.5) is 4.39 Å². The zero-order valence-electron chi connectivity index (χ0n) is 14.4. The lowest BCUT2D eigenvalue weighted by atomic mass is 10.2. The number of halogens is 1. The molecule has 10 heteroatoms. The highest BCUT2D eigenvalue weighted by Gasteiger charge is 2.15. The van der Waals surface area contributed by atoms with E-state index in [4.69, 9.17) is 4.74 Å². The predicted octanol–water partition coefficient (Wildman–Crippen LogP) is 0.898. The number of rotatable bonds is 7. The largest absolute Gasteiger partial charge is 0.486 e. The smallest absolute Gasteiger partial charge is 0.263 e. The number of aromatic amines is 1. The van der Waals surface area contributed by atoms with Crippen LogP contribution in [0.2, 0.25) is 0 Å². The lowest BCUT2D eigenvalue weighted by Crippen LogP contribution is -2.38. The first-order chi connectivity index (χ1) is 13.0. The van der Waals surface area contributed by atoms with Gasteiger partial charge in [0.1, 0.15) is 42.2 Å². The van der Waals surface area contributed by atoms with E-state index in [2.05, 4.69) is 25.4 Å². The van der Waals surface area contributed by atoms with Crippen LogP contribution in [0, 0.1) is 5.82 Å². The number of carbonyl (C=O) groups is 1. The maximum Gasteiger partial charge on any atom is 0.263 e. The molecule has 3 rings (SSSR count). The SMILES string of the molecule is CC(Cn1cncn1)NC(=O)c1cnc(COc2ccc(F)cc2)[nH]c1=O. The van der Waals surface area contributed by atoms with Crippen LogP contribution in [0.1, 0.15) is 23.1 Å². The Morgan fingerprint density at radius 2 is 2.15 bits per heavy atom. The van der Waals surface area contributed by atoms with E-state index >= 15 is 0 Å². The Morgan fingerprint density at radius 1 is 1.37 bits per heavy atom. The highest BCUT2D eigenvalue weighted by molar-refractivity contribution is 5.93. The molecule has 0 aliphatic heterocycles. The third kappa shape index (κ3) is 4.97. The third-order valence-electron chi connectivity index (χ3n) is 3.59. The van der Waals surface area contributed by atoms with Gasteiger partial charge in [-0.3, -0.25) is 14.3 Å². The van der Waals surface area contributed by atoms with Gasteiger partial charge in [0.25, 0.3) is 11.5 Å². The summed E-state index contributed by atoms with van der Waals surface area (Å²) >= 11 is 0. The molecule has 0 fully saturated rings. The summed E-state index contributed by atoms with van der Waals surface area (Å²) < 4.78 is 19.8. The van der Waals surface area contributed by atoms with Crippen LogP contribution in [0.3, 0.4) is 0 Å². The Labute approximate surface area is 153 Å². The molecule has 1 amide bonds. The maximum absolute atomic E-state index is 12.9. The highest BCUT2D eigenvalue weighted by atomic mass is 19.1. The molecule has 0 radical (unpaired) electrons. The molecule has 2 heterocycles. The van der Waals surface area contributed by atoms with Crippen molar-refractivity contribution in [1.29, 1.82) is 0 Å². The van der Waals surface area contributed by atoms with Gasteiger partial charge in [-0.05, 0) is 31.2 Å². The fraction of sp³-hybridized carbons (Fsp3) is 0.235. The first-order valence-corrected chi connectivity index (χ1v) is 8.11. The molecule has 0 bridgehead atoms. The molecule has 3 aromatic rings. The van der Waals surface area contributed by atoms with Gasteiger partial charge >= 0.3 is 0 Å². The Balaban J connectivity index is 1.59. The van der Waals surface area contributed by atoms with Crippen LogP contribution >= 0.6 is 0 Å². The van der Waals surface area contributed by atoms with Crippen molar-refractivity contribution in [3.05, 3.63) is 70.7 Å². The van der Waals surface area contributed by atoms with E-state index in [-0.39, 0.29) is 29.9 Å². The van der Waals surface area contributed by atoms with Crippen molar-refractivity contribution in [3.63, 3.8) is 0 Å². The van der Waals surface area contributed by atoms with Crippen molar-refractivity contribution in [2.75, 3.05) is 0 Å². The molecule has 1 atom stereocenters. The number of nitrogens with zero attached hydrogens (tertiary/aromatic N) is 4. The Bertz CT molecular complexity index is 956. The molecule has 2 aromatic heterocycles. The summed E-state index contributed by atoms with van der Waals surface area (Å²) in [5.74, 6) is -0.232. The fourth-order valence-electron chi connectivity index (χ4n) is 2.30. The van der Waals surface area contributed by atoms with E-state index in [1.807, 2.05) is 0 Å². The molecule has 2 N–H and O–H groups in total. The number of carbonyl (C=O) groups excluding carboxylic acids is 1. The van der Waals surface area contributed by atoms with Crippen molar-refractivity contribution >= 4 is 5.91 Å². The maximum atomic E-state index is 12.9. The van der Waals surface area contributed by atoms with Crippen LogP contribution in [-0.4, -0.2) is 36.7 Å². The molecule has 0 aliphatic rings. The number of H-pyrrole nitrogens is 1. The summed E-state index contributed by atoms with van der Waals surface area (Å²) in [6.07, 6.45) is 4.13. The van der Waals surface area contributed by atoms with Crippen LogP contribution < -0.4 is 15.6 Å². The van der Waals surface area contributed by atoms with Crippen molar-refractivity contribution in [2.24, 2.45) is 0 Å². The second kappa shape index (κ2) is 8.21. The molecular weight excluding hydrogens is 355 g/mol. The van der Waals surface area contributed by atoms with E-state index < -0.39 is 11.5 Å². The monoisotopic (exact) mass is 372 g/mol. The first-order valence-electron chi connectivity index (χ1n) is 8.11. The zero-order valence-corrected chi connectivity index (χ0v) is 14.4. The normalized spacial score (nSPS) is 11.8. The topological polar surface area (TPSA) is 115 Å². The molecular formula is C17H17FN6O3. The zero-order chi connectivity index (χ0) is 19.2. The Hall–Kier alpha value is -3.56. The number of benzene rings is 1. The van der Waals surface area contributed by atoms with E-state index in [9.17, 15) is 14.0 Å². The molecule has 0 spiro atoms. The highest BCUT2D eigenvalue weighted by Crippen LogP contribution is 2.12. The lowest BCUT2D eigenvalue weighted by Gasteiger charge is -2.13. The minimum absolute atomic E-state index is 0.0223. The van der Waals surface area contributed by atoms with Gasteiger partial charge in [-0.15, -0.1) is 0 Å². The average Bonchev–Trinajstić information content (AvgIpc) is 3.14. The van der Waals surface area contributed by atoms with Crippen molar-refractivity contribution < 1.29 is 13.9 Å². The molecule has 1 unspecified atom stereocenters. The van der Waals surface area contributed by atoms with Gasteiger partial charge in [-0.1, -0.05) is 0 Å². The minimum atomic E-state index is -0.576. The molecule has 0 saturated heterocycles. The molecule has 27 heavy (non-hydrogen) atoms. The van der Waals surface area contributed by atoms with E-state index in [1.165, 1.54) is 43.1 Å². The van der Waals surface area contributed by atoms with Gasteiger partial charge < -0.3 is 15.0 Å². The van der Waals surface area contributed by atoms with Crippen molar-refractivity contribution in [1.82, 2.24) is 30.0 Å². The second-order valence-corrected chi connectivity index (χ2v) is 5.81. The fourth-order valence-corrected chi connectivity index (χ4v) is 2.30. The Kier molecular flexibility index (Phi) is 5.55. The summed E-state index contributed by atoms with van der Waals surface area (Å²) in [6.45, 7) is 2.18. The van der Waals surface area contributed by atoms with Crippen LogP contribution in [-0.2, 0) is 13.2 Å². The van der Waals surface area contributed by atoms with Gasteiger partial charge in [0.2, 0.25) is 0 Å². The molecule has 9 nitrogen and oxygen atoms in total. The Morgan fingerprint density at radius 3 is 2.81 bits per heavy atom. The third-order valence-corrected chi connectivity index (χ3v) is 3.59. The number of hydrogen-bond donors (Lipinski definition) is 2. The summed E-state index contributed by atoms with van der Waals surface area (Å²) in [4.78, 5) is 34.8. The first kappa shape index (κ1) is 18.2.